The highest BCUT2D eigenvalue weighted by atomic mass is 79.9. The average Bonchev–Trinajstić information content (AvgIpc) is 2.34. The highest BCUT2D eigenvalue weighted by Gasteiger charge is 2.18. The molecule has 2 N–H and O–H groups in total. The van der Waals surface area contributed by atoms with Crippen molar-refractivity contribution in [2.45, 2.75) is 32.1 Å². The molecule has 5 heteroatoms. The number of rotatable bonds is 2. The summed E-state index contributed by atoms with van der Waals surface area (Å²) >= 11 is 3.11. The molecule has 1 saturated carbocycles. The molecule has 0 atom stereocenters. The average molecular weight is 317 g/mol. The maximum Gasteiger partial charge on any atom is 0.152 e. The third-order valence-corrected chi connectivity index (χ3v) is 3.85. The van der Waals surface area contributed by atoms with Crippen molar-refractivity contribution in [2.24, 2.45) is 16.6 Å². The molecule has 1 aromatic carbocycles. The molecule has 0 bridgehead atoms. The Morgan fingerprint density at radius 1 is 1.22 bits per heavy atom. The summed E-state index contributed by atoms with van der Waals surface area (Å²) in [7, 11) is 0. The van der Waals surface area contributed by atoms with E-state index in [-0.39, 0.29) is 11.6 Å². The largest absolute Gasteiger partial charge is 0.387 e. The summed E-state index contributed by atoms with van der Waals surface area (Å²) in [6, 6.07) is 2.01. The third kappa shape index (κ3) is 3.07. The van der Waals surface area contributed by atoms with E-state index in [2.05, 4.69) is 20.9 Å². The Morgan fingerprint density at radius 2 is 1.89 bits per heavy atom. The molecule has 1 fully saturated rings. The van der Waals surface area contributed by atoms with Gasteiger partial charge >= 0.3 is 0 Å². The number of nitrogens with zero attached hydrogens (tertiary/aromatic N) is 1. The number of hydrogen-bond donors (Lipinski definition) is 1. The van der Waals surface area contributed by atoms with Crippen LogP contribution in [0, 0.1) is 17.6 Å². The molecule has 0 amide bonds. The van der Waals surface area contributed by atoms with E-state index in [9.17, 15) is 8.78 Å². The molecule has 0 unspecified atom stereocenters. The maximum absolute atomic E-state index is 13.6. The van der Waals surface area contributed by atoms with Gasteiger partial charge in [-0.15, -0.1) is 0 Å². The van der Waals surface area contributed by atoms with E-state index < -0.39 is 11.6 Å². The lowest BCUT2D eigenvalue weighted by Crippen LogP contribution is -2.25. The summed E-state index contributed by atoms with van der Waals surface area (Å²) in [5.74, 6) is -0.661. The van der Waals surface area contributed by atoms with E-state index in [1.807, 2.05) is 0 Å². The van der Waals surface area contributed by atoms with Crippen molar-refractivity contribution in [3.63, 3.8) is 0 Å². The number of aliphatic imine (C=N–C) groups is 1. The lowest BCUT2D eigenvalue weighted by Gasteiger charge is -2.21. The number of benzene rings is 1. The number of nitrogens with two attached hydrogens (primary N) is 1. The van der Waals surface area contributed by atoms with E-state index in [0.29, 0.717) is 10.3 Å². The fourth-order valence-corrected chi connectivity index (χ4v) is 2.76. The van der Waals surface area contributed by atoms with Crippen molar-refractivity contribution < 1.29 is 8.78 Å². The zero-order valence-electron chi connectivity index (χ0n) is 9.93. The minimum Gasteiger partial charge on any atom is -0.387 e. The second kappa shape index (κ2) is 5.78. The van der Waals surface area contributed by atoms with Gasteiger partial charge in [0.25, 0.3) is 0 Å². The topological polar surface area (TPSA) is 38.4 Å². The van der Waals surface area contributed by atoms with Gasteiger partial charge in [-0.3, -0.25) is 0 Å². The van der Waals surface area contributed by atoms with Gasteiger partial charge in [0.1, 0.15) is 17.3 Å². The minimum atomic E-state index is -0.694. The van der Waals surface area contributed by atoms with Gasteiger partial charge in [0.05, 0.1) is 0 Å². The predicted molar refractivity (Wildman–Crippen MR) is 71.9 cm³/mol. The van der Waals surface area contributed by atoms with Crippen molar-refractivity contribution in [3.05, 3.63) is 28.2 Å². The van der Waals surface area contributed by atoms with E-state index in [4.69, 9.17) is 5.73 Å². The summed E-state index contributed by atoms with van der Waals surface area (Å²) in [6.07, 6.45) is 5.48. The van der Waals surface area contributed by atoms with Crippen molar-refractivity contribution >= 4 is 27.5 Å². The first-order valence-electron chi connectivity index (χ1n) is 6.06. The van der Waals surface area contributed by atoms with E-state index in [0.717, 1.165) is 31.7 Å². The maximum atomic E-state index is 13.6. The molecule has 0 saturated heterocycles. The first-order valence-corrected chi connectivity index (χ1v) is 6.86. The van der Waals surface area contributed by atoms with Gasteiger partial charge in [-0.2, -0.15) is 0 Å². The third-order valence-electron chi connectivity index (χ3n) is 3.25. The van der Waals surface area contributed by atoms with Crippen LogP contribution in [0.5, 0.6) is 0 Å². The van der Waals surface area contributed by atoms with Gasteiger partial charge < -0.3 is 5.73 Å². The van der Waals surface area contributed by atoms with Gasteiger partial charge in [0.15, 0.2) is 5.82 Å². The van der Waals surface area contributed by atoms with E-state index >= 15 is 0 Å². The molecule has 18 heavy (non-hydrogen) atoms. The molecule has 0 aromatic heterocycles. The Morgan fingerprint density at radius 3 is 2.50 bits per heavy atom. The summed E-state index contributed by atoms with van der Waals surface area (Å²) in [5, 5.41) is 0. The molecule has 1 aliphatic rings. The van der Waals surface area contributed by atoms with Gasteiger partial charge in [-0.05, 0) is 34.8 Å². The highest BCUT2D eigenvalue weighted by Crippen LogP contribution is 2.31. The molecule has 0 aliphatic heterocycles. The molecule has 2 rings (SSSR count). The van der Waals surface area contributed by atoms with Crippen LogP contribution in [0.2, 0.25) is 0 Å². The Bertz CT molecular complexity index is 445. The zero-order valence-corrected chi connectivity index (χ0v) is 11.5. The van der Waals surface area contributed by atoms with Crippen LogP contribution in [-0.2, 0) is 0 Å². The fraction of sp³-hybridized carbons (Fsp3) is 0.462. The normalized spacial score (nSPS) is 18.1. The summed E-state index contributed by atoms with van der Waals surface area (Å²) in [4.78, 5) is 4.13. The molecular weight excluding hydrogens is 302 g/mol. The van der Waals surface area contributed by atoms with Crippen LogP contribution in [-0.4, -0.2) is 5.84 Å². The van der Waals surface area contributed by atoms with Crippen LogP contribution in [0.1, 0.15) is 32.1 Å². The van der Waals surface area contributed by atoms with Crippen LogP contribution in [0.25, 0.3) is 0 Å². The lowest BCUT2D eigenvalue weighted by atomic mass is 9.88. The van der Waals surface area contributed by atoms with Gasteiger partial charge in [-0.25, -0.2) is 13.8 Å². The second-order valence-corrected chi connectivity index (χ2v) is 5.44. The van der Waals surface area contributed by atoms with Crippen LogP contribution in [0.4, 0.5) is 14.5 Å². The molecule has 98 valence electrons. The Hall–Kier alpha value is -0.970. The summed E-state index contributed by atoms with van der Waals surface area (Å²) < 4.78 is 26.8. The first kappa shape index (κ1) is 13.5. The fourth-order valence-electron chi connectivity index (χ4n) is 2.26. The van der Waals surface area contributed by atoms with Crippen LogP contribution in [0.3, 0.4) is 0 Å². The molecule has 0 radical (unpaired) electrons. The molecule has 0 heterocycles. The van der Waals surface area contributed by atoms with E-state index in [1.165, 1.54) is 12.5 Å². The molecule has 1 aliphatic carbocycles. The smallest absolute Gasteiger partial charge is 0.152 e. The Labute approximate surface area is 113 Å². The SMILES string of the molecule is NC(=Nc1c(F)cc(F)cc1Br)C1CCCCC1. The Kier molecular flexibility index (Phi) is 4.32. The number of halogens is 3. The number of amidine groups is 1. The highest BCUT2D eigenvalue weighted by molar-refractivity contribution is 9.10. The zero-order chi connectivity index (χ0) is 13.1. The minimum absolute atomic E-state index is 0.0828. The monoisotopic (exact) mass is 316 g/mol. The predicted octanol–water partition coefficient (Wildman–Crippen LogP) is 4.30. The standard InChI is InChI=1S/C13H15BrF2N2/c14-10-6-9(15)7-11(16)12(10)18-13(17)8-4-2-1-3-5-8/h6-8H,1-5H2,(H2,17,18). The summed E-state index contributed by atoms with van der Waals surface area (Å²) in [5.41, 5.74) is 6.01. The van der Waals surface area contributed by atoms with Crippen LogP contribution < -0.4 is 5.73 Å². The van der Waals surface area contributed by atoms with Gasteiger partial charge in [0, 0.05) is 16.5 Å². The first-order chi connectivity index (χ1) is 8.58. The van der Waals surface area contributed by atoms with Crippen molar-refractivity contribution in [1.82, 2.24) is 0 Å². The molecular formula is C13H15BrF2N2. The summed E-state index contributed by atoms with van der Waals surface area (Å²) in [6.45, 7) is 0. The molecule has 1 aromatic rings. The van der Waals surface area contributed by atoms with Crippen molar-refractivity contribution in [2.75, 3.05) is 0 Å². The Balaban J connectivity index is 2.26. The molecule has 0 spiro atoms. The lowest BCUT2D eigenvalue weighted by molar-refractivity contribution is 0.437. The second-order valence-electron chi connectivity index (χ2n) is 4.59. The van der Waals surface area contributed by atoms with Gasteiger partial charge in [0.2, 0.25) is 0 Å². The van der Waals surface area contributed by atoms with Crippen molar-refractivity contribution in [1.29, 1.82) is 0 Å². The van der Waals surface area contributed by atoms with Crippen molar-refractivity contribution in [3.8, 4) is 0 Å². The number of hydrogen-bond acceptors (Lipinski definition) is 1. The van der Waals surface area contributed by atoms with Crippen LogP contribution >= 0.6 is 15.9 Å². The quantitative estimate of drug-likeness (QED) is 0.641. The van der Waals surface area contributed by atoms with Gasteiger partial charge in [-0.1, -0.05) is 19.3 Å². The molecule has 2 nitrogen and oxygen atoms in total. The van der Waals surface area contributed by atoms with E-state index in [1.54, 1.807) is 0 Å². The van der Waals surface area contributed by atoms with Crippen LogP contribution in [0.15, 0.2) is 21.6 Å².